The van der Waals surface area contributed by atoms with Crippen LogP contribution in [-0.2, 0) is 4.79 Å². The number of rotatable bonds is 2. The minimum Gasteiger partial charge on any atom is -0.480 e. The van der Waals surface area contributed by atoms with E-state index < -0.39 is 12.0 Å². The van der Waals surface area contributed by atoms with E-state index in [9.17, 15) is 9.59 Å². The average Bonchev–Trinajstić information content (AvgIpc) is 2.84. The zero-order valence-electron chi connectivity index (χ0n) is 8.84. The smallest absolute Gasteiger partial charge is 0.326 e. The summed E-state index contributed by atoms with van der Waals surface area (Å²) in [5.74, 6) is -0.803. The number of nitrogens with zero attached hydrogens (tertiary/aromatic N) is 2. The average molecular weight is 224 g/mol. The first kappa shape index (κ1) is 10.7. The van der Waals surface area contributed by atoms with Crippen LogP contribution in [0.5, 0.6) is 0 Å². The third-order valence-corrected chi connectivity index (χ3v) is 2.65. The lowest BCUT2D eigenvalue weighted by atomic mass is 10.2. The van der Waals surface area contributed by atoms with Crippen molar-refractivity contribution >= 4 is 11.9 Å². The molecule has 1 aliphatic heterocycles. The van der Waals surface area contributed by atoms with Crippen molar-refractivity contribution < 1.29 is 19.2 Å². The number of hydrogen-bond donors (Lipinski definition) is 1. The zero-order chi connectivity index (χ0) is 11.7. The van der Waals surface area contributed by atoms with Gasteiger partial charge >= 0.3 is 5.97 Å². The molecule has 0 saturated carbocycles. The number of likely N-dealkylation sites (tertiary alicyclic amines) is 1. The van der Waals surface area contributed by atoms with Gasteiger partial charge in [0.1, 0.15) is 11.8 Å². The summed E-state index contributed by atoms with van der Waals surface area (Å²) < 4.78 is 4.80. The highest BCUT2D eigenvalue weighted by atomic mass is 16.5. The van der Waals surface area contributed by atoms with Crippen LogP contribution in [0, 0.1) is 6.92 Å². The Labute approximate surface area is 91.8 Å². The molecule has 1 aromatic rings. The van der Waals surface area contributed by atoms with E-state index >= 15 is 0 Å². The summed E-state index contributed by atoms with van der Waals surface area (Å²) in [5, 5.41) is 12.5. The highest BCUT2D eigenvalue weighted by molar-refractivity contribution is 5.95. The van der Waals surface area contributed by atoms with Crippen LogP contribution in [-0.4, -0.2) is 39.6 Å². The molecule has 0 unspecified atom stereocenters. The maximum atomic E-state index is 11.9. The van der Waals surface area contributed by atoms with E-state index in [-0.39, 0.29) is 11.6 Å². The molecule has 1 saturated heterocycles. The molecule has 16 heavy (non-hydrogen) atoms. The molecule has 0 radical (unpaired) electrons. The summed E-state index contributed by atoms with van der Waals surface area (Å²) in [6.07, 6.45) is 1.21. The maximum Gasteiger partial charge on any atom is 0.326 e. The molecule has 0 bridgehead atoms. The molecule has 0 spiro atoms. The van der Waals surface area contributed by atoms with Gasteiger partial charge in [0.15, 0.2) is 5.69 Å². The summed E-state index contributed by atoms with van der Waals surface area (Å²) in [6.45, 7) is 2.14. The Bertz CT molecular complexity index is 426. The monoisotopic (exact) mass is 224 g/mol. The predicted octanol–water partition coefficient (Wildman–Crippen LogP) is 0.672. The SMILES string of the molecule is Cc1cc(C(=O)N2CCC[C@H]2C(=O)O)no1. The van der Waals surface area contributed by atoms with Crippen LogP contribution in [0.4, 0.5) is 0 Å². The molecule has 1 N–H and O–H groups in total. The van der Waals surface area contributed by atoms with Gasteiger partial charge in [-0.3, -0.25) is 4.79 Å². The fourth-order valence-electron chi connectivity index (χ4n) is 1.88. The number of carboxylic acids is 1. The number of carboxylic acid groups (broad SMARTS) is 1. The highest BCUT2D eigenvalue weighted by Gasteiger charge is 2.35. The normalized spacial score (nSPS) is 20.1. The van der Waals surface area contributed by atoms with Gasteiger partial charge in [0.25, 0.3) is 5.91 Å². The molecule has 2 rings (SSSR count). The molecular weight excluding hydrogens is 212 g/mol. The molecule has 6 heteroatoms. The third-order valence-electron chi connectivity index (χ3n) is 2.65. The number of aliphatic carboxylic acids is 1. The topological polar surface area (TPSA) is 83.6 Å². The van der Waals surface area contributed by atoms with Gasteiger partial charge in [0.2, 0.25) is 0 Å². The van der Waals surface area contributed by atoms with Crippen molar-refractivity contribution in [2.75, 3.05) is 6.54 Å². The van der Waals surface area contributed by atoms with E-state index in [0.29, 0.717) is 25.1 Å². The number of hydrogen-bond acceptors (Lipinski definition) is 4. The summed E-state index contributed by atoms with van der Waals surface area (Å²) in [4.78, 5) is 24.2. The number of amides is 1. The zero-order valence-corrected chi connectivity index (χ0v) is 8.84. The summed E-state index contributed by atoms with van der Waals surface area (Å²) in [6, 6.07) is 0.782. The Morgan fingerprint density at radius 3 is 2.94 bits per heavy atom. The van der Waals surface area contributed by atoms with Crippen molar-refractivity contribution in [3.8, 4) is 0 Å². The lowest BCUT2D eigenvalue weighted by molar-refractivity contribution is -0.141. The quantitative estimate of drug-likeness (QED) is 0.798. The Hall–Kier alpha value is -1.85. The van der Waals surface area contributed by atoms with Crippen molar-refractivity contribution in [2.24, 2.45) is 0 Å². The van der Waals surface area contributed by atoms with E-state index in [1.54, 1.807) is 6.92 Å². The molecule has 1 aliphatic rings. The Morgan fingerprint density at radius 2 is 2.38 bits per heavy atom. The van der Waals surface area contributed by atoms with Crippen molar-refractivity contribution in [1.29, 1.82) is 0 Å². The van der Waals surface area contributed by atoms with Gasteiger partial charge in [-0.1, -0.05) is 5.16 Å². The van der Waals surface area contributed by atoms with Gasteiger partial charge in [-0.15, -0.1) is 0 Å². The number of carbonyl (C=O) groups excluding carboxylic acids is 1. The Balaban J connectivity index is 2.18. The van der Waals surface area contributed by atoms with Crippen molar-refractivity contribution in [1.82, 2.24) is 10.1 Å². The van der Waals surface area contributed by atoms with Gasteiger partial charge in [-0.05, 0) is 19.8 Å². The second-order valence-corrected chi connectivity index (χ2v) is 3.82. The Kier molecular flexibility index (Phi) is 2.64. The first-order chi connectivity index (χ1) is 7.59. The first-order valence-corrected chi connectivity index (χ1v) is 5.06. The molecular formula is C10H12N2O4. The van der Waals surface area contributed by atoms with Crippen molar-refractivity contribution in [3.05, 3.63) is 17.5 Å². The van der Waals surface area contributed by atoms with Crippen LogP contribution in [0.1, 0.15) is 29.1 Å². The lowest BCUT2D eigenvalue weighted by Crippen LogP contribution is -2.40. The van der Waals surface area contributed by atoms with E-state index in [1.165, 1.54) is 11.0 Å². The van der Waals surface area contributed by atoms with Crippen LogP contribution in [0.15, 0.2) is 10.6 Å². The molecule has 2 heterocycles. The van der Waals surface area contributed by atoms with E-state index in [4.69, 9.17) is 9.63 Å². The minimum absolute atomic E-state index is 0.172. The standard InChI is InChI=1S/C10H12N2O4/c1-6-5-7(11-16-6)9(13)12-4-2-3-8(12)10(14)15/h5,8H,2-4H2,1H3,(H,14,15)/t8-/m0/s1. The Morgan fingerprint density at radius 1 is 1.62 bits per heavy atom. The van der Waals surface area contributed by atoms with Gasteiger partial charge < -0.3 is 14.5 Å². The second kappa shape index (κ2) is 3.96. The first-order valence-electron chi connectivity index (χ1n) is 5.06. The molecule has 0 aliphatic carbocycles. The summed E-state index contributed by atoms with van der Waals surface area (Å²) >= 11 is 0. The predicted molar refractivity (Wildman–Crippen MR) is 52.9 cm³/mol. The summed E-state index contributed by atoms with van der Waals surface area (Å²) in [7, 11) is 0. The minimum atomic E-state index is -0.967. The lowest BCUT2D eigenvalue weighted by Gasteiger charge is -2.19. The van der Waals surface area contributed by atoms with Gasteiger partial charge in [-0.25, -0.2) is 4.79 Å². The summed E-state index contributed by atoms with van der Waals surface area (Å²) in [5.41, 5.74) is 0.172. The van der Waals surface area contributed by atoms with Gasteiger partial charge in [-0.2, -0.15) is 0 Å². The highest BCUT2D eigenvalue weighted by Crippen LogP contribution is 2.20. The second-order valence-electron chi connectivity index (χ2n) is 3.82. The molecule has 86 valence electrons. The fourth-order valence-corrected chi connectivity index (χ4v) is 1.88. The van der Waals surface area contributed by atoms with Crippen molar-refractivity contribution in [3.63, 3.8) is 0 Å². The van der Waals surface area contributed by atoms with Crippen LogP contribution in [0.3, 0.4) is 0 Å². The van der Waals surface area contributed by atoms with Crippen LogP contribution < -0.4 is 0 Å². The van der Waals surface area contributed by atoms with Crippen LogP contribution >= 0.6 is 0 Å². The number of aromatic nitrogens is 1. The van der Waals surface area contributed by atoms with E-state index in [1.807, 2.05) is 0 Å². The number of aryl methyl sites for hydroxylation is 1. The third kappa shape index (κ3) is 1.78. The van der Waals surface area contributed by atoms with Crippen molar-refractivity contribution in [2.45, 2.75) is 25.8 Å². The molecule has 1 atom stereocenters. The molecule has 6 nitrogen and oxygen atoms in total. The fraction of sp³-hybridized carbons (Fsp3) is 0.500. The van der Waals surface area contributed by atoms with E-state index in [0.717, 1.165) is 0 Å². The van der Waals surface area contributed by atoms with Crippen LogP contribution in [0.25, 0.3) is 0 Å². The maximum absolute atomic E-state index is 11.9. The largest absolute Gasteiger partial charge is 0.480 e. The van der Waals surface area contributed by atoms with Crippen LogP contribution in [0.2, 0.25) is 0 Å². The van der Waals surface area contributed by atoms with E-state index in [2.05, 4.69) is 5.16 Å². The molecule has 1 fully saturated rings. The molecule has 1 amide bonds. The molecule has 1 aromatic heterocycles. The molecule has 0 aromatic carbocycles. The number of carbonyl (C=O) groups is 2. The van der Waals surface area contributed by atoms with Gasteiger partial charge in [0, 0.05) is 12.6 Å². The van der Waals surface area contributed by atoms with Gasteiger partial charge in [0.05, 0.1) is 0 Å².